The minimum atomic E-state index is -0.189. The fourth-order valence-corrected chi connectivity index (χ4v) is 3.20. The molecule has 1 aromatic heterocycles. The van der Waals surface area contributed by atoms with Crippen LogP contribution in [-0.2, 0) is 16.0 Å². The number of esters is 1. The van der Waals surface area contributed by atoms with Gasteiger partial charge in [-0.05, 0) is 62.2 Å². The molecule has 1 saturated heterocycles. The SMILES string of the molecule is COC(=O)Cc1ccc2[nH]cc(C3CCN(C)CC3)c2c1. The Hall–Kier alpha value is -1.81. The van der Waals surface area contributed by atoms with Crippen molar-refractivity contribution in [3.63, 3.8) is 0 Å². The van der Waals surface area contributed by atoms with Crippen molar-refractivity contribution < 1.29 is 9.53 Å². The molecule has 4 nitrogen and oxygen atoms in total. The summed E-state index contributed by atoms with van der Waals surface area (Å²) in [7, 11) is 3.61. The zero-order valence-corrected chi connectivity index (χ0v) is 12.7. The third-order valence-electron chi connectivity index (χ3n) is 4.51. The van der Waals surface area contributed by atoms with Gasteiger partial charge in [0.1, 0.15) is 0 Å². The minimum absolute atomic E-state index is 0.189. The predicted molar refractivity (Wildman–Crippen MR) is 83.5 cm³/mol. The highest BCUT2D eigenvalue weighted by Crippen LogP contribution is 2.33. The summed E-state index contributed by atoms with van der Waals surface area (Å²) in [5, 5.41) is 1.26. The van der Waals surface area contributed by atoms with Crippen molar-refractivity contribution in [2.24, 2.45) is 0 Å². The number of carbonyl (C=O) groups excluding carboxylic acids is 1. The minimum Gasteiger partial charge on any atom is -0.469 e. The summed E-state index contributed by atoms with van der Waals surface area (Å²) in [6.07, 6.45) is 4.88. The van der Waals surface area contributed by atoms with E-state index in [1.807, 2.05) is 6.07 Å². The van der Waals surface area contributed by atoms with Crippen LogP contribution in [-0.4, -0.2) is 43.1 Å². The van der Waals surface area contributed by atoms with Crippen molar-refractivity contribution in [3.05, 3.63) is 35.5 Å². The Labute approximate surface area is 125 Å². The topological polar surface area (TPSA) is 45.3 Å². The van der Waals surface area contributed by atoms with Crippen molar-refractivity contribution in [2.75, 3.05) is 27.2 Å². The number of fused-ring (bicyclic) bond motifs is 1. The smallest absolute Gasteiger partial charge is 0.309 e. The summed E-state index contributed by atoms with van der Waals surface area (Å²) < 4.78 is 4.75. The van der Waals surface area contributed by atoms with Gasteiger partial charge in [0, 0.05) is 17.1 Å². The Kier molecular flexibility index (Phi) is 3.97. The molecule has 0 spiro atoms. The highest BCUT2D eigenvalue weighted by Gasteiger charge is 2.21. The number of aromatic nitrogens is 1. The van der Waals surface area contributed by atoms with Crippen LogP contribution in [0.5, 0.6) is 0 Å². The number of likely N-dealkylation sites (tertiary alicyclic amines) is 1. The average molecular weight is 286 g/mol. The number of piperidine rings is 1. The van der Waals surface area contributed by atoms with Crippen LogP contribution in [0.25, 0.3) is 10.9 Å². The van der Waals surface area contributed by atoms with Gasteiger partial charge in [0.15, 0.2) is 0 Å². The quantitative estimate of drug-likeness (QED) is 0.882. The molecular weight excluding hydrogens is 264 g/mol. The maximum absolute atomic E-state index is 11.4. The number of benzene rings is 1. The first-order valence-electron chi connectivity index (χ1n) is 7.52. The van der Waals surface area contributed by atoms with E-state index in [1.165, 1.54) is 30.9 Å². The van der Waals surface area contributed by atoms with E-state index in [-0.39, 0.29) is 5.97 Å². The van der Waals surface area contributed by atoms with Gasteiger partial charge >= 0.3 is 5.97 Å². The summed E-state index contributed by atoms with van der Waals surface area (Å²) in [5.74, 6) is 0.425. The molecule has 112 valence electrons. The molecule has 2 aromatic rings. The van der Waals surface area contributed by atoms with E-state index in [4.69, 9.17) is 4.74 Å². The molecule has 0 bridgehead atoms. The molecule has 1 fully saturated rings. The Morgan fingerprint density at radius 2 is 2.14 bits per heavy atom. The van der Waals surface area contributed by atoms with Crippen molar-refractivity contribution in [2.45, 2.75) is 25.2 Å². The van der Waals surface area contributed by atoms with Gasteiger partial charge in [-0.3, -0.25) is 4.79 Å². The molecule has 1 aliphatic rings. The summed E-state index contributed by atoms with van der Waals surface area (Å²) in [6, 6.07) is 6.19. The van der Waals surface area contributed by atoms with Crippen LogP contribution < -0.4 is 0 Å². The number of methoxy groups -OCH3 is 1. The molecule has 1 N–H and O–H groups in total. The highest BCUT2D eigenvalue weighted by atomic mass is 16.5. The van der Waals surface area contributed by atoms with Crippen molar-refractivity contribution in [1.82, 2.24) is 9.88 Å². The first-order chi connectivity index (χ1) is 10.2. The van der Waals surface area contributed by atoms with Crippen molar-refractivity contribution in [1.29, 1.82) is 0 Å². The summed E-state index contributed by atoms with van der Waals surface area (Å²) in [5.41, 5.74) is 3.56. The lowest BCUT2D eigenvalue weighted by molar-refractivity contribution is -0.139. The lowest BCUT2D eigenvalue weighted by atomic mass is 9.89. The van der Waals surface area contributed by atoms with E-state index < -0.39 is 0 Å². The second-order valence-corrected chi connectivity index (χ2v) is 5.95. The van der Waals surface area contributed by atoms with E-state index in [0.717, 1.165) is 24.2 Å². The van der Waals surface area contributed by atoms with Crippen LogP contribution >= 0.6 is 0 Å². The number of hydrogen-bond donors (Lipinski definition) is 1. The number of nitrogens with zero attached hydrogens (tertiary/aromatic N) is 1. The Balaban J connectivity index is 1.88. The lowest BCUT2D eigenvalue weighted by Crippen LogP contribution is -2.29. The molecule has 0 aliphatic carbocycles. The molecular formula is C17H22N2O2. The second-order valence-electron chi connectivity index (χ2n) is 5.95. The van der Waals surface area contributed by atoms with Crippen molar-refractivity contribution >= 4 is 16.9 Å². The molecule has 3 rings (SSSR count). The highest BCUT2D eigenvalue weighted by molar-refractivity contribution is 5.85. The average Bonchev–Trinajstić information content (AvgIpc) is 2.91. The first-order valence-corrected chi connectivity index (χ1v) is 7.52. The molecule has 0 saturated carbocycles. The molecule has 0 atom stereocenters. The van der Waals surface area contributed by atoms with E-state index >= 15 is 0 Å². The molecule has 0 amide bonds. The Morgan fingerprint density at radius 3 is 2.86 bits per heavy atom. The van der Waals surface area contributed by atoms with Gasteiger partial charge in [0.25, 0.3) is 0 Å². The van der Waals surface area contributed by atoms with Gasteiger partial charge in [-0.2, -0.15) is 0 Å². The van der Waals surface area contributed by atoms with Crippen LogP contribution in [0.4, 0.5) is 0 Å². The van der Waals surface area contributed by atoms with E-state index in [1.54, 1.807) is 0 Å². The number of aromatic amines is 1. The summed E-state index contributed by atoms with van der Waals surface area (Å²) in [4.78, 5) is 17.2. The van der Waals surface area contributed by atoms with Crippen LogP contribution in [0.2, 0.25) is 0 Å². The van der Waals surface area contributed by atoms with Crippen LogP contribution in [0, 0.1) is 0 Å². The van der Waals surface area contributed by atoms with Gasteiger partial charge in [0.2, 0.25) is 0 Å². The first kappa shape index (κ1) is 14.1. The molecule has 2 heterocycles. The van der Waals surface area contributed by atoms with E-state index in [0.29, 0.717) is 12.3 Å². The summed E-state index contributed by atoms with van der Waals surface area (Å²) in [6.45, 7) is 2.30. The number of carbonyl (C=O) groups is 1. The van der Waals surface area contributed by atoms with Crippen LogP contribution in [0.15, 0.2) is 24.4 Å². The summed E-state index contributed by atoms with van der Waals surface area (Å²) >= 11 is 0. The standard InChI is InChI=1S/C17H22N2O2/c1-19-7-5-13(6-8-19)15-11-18-16-4-3-12(9-14(15)16)10-17(20)21-2/h3-4,9,11,13,18H,5-8,10H2,1-2H3. The Bertz CT molecular complexity index is 639. The fourth-order valence-electron chi connectivity index (χ4n) is 3.20. The normalized spacial score (nSPS) is 17.2. The van der Waals surface area contributed by atoms with E-state index in [2.05, 4.69) is 35.3 Å². The van der Waals surface area contributed by atoms with Gasteiger partial charge in [-0.25, -0.2) is 0 Å². The molecule has 0 unspecified atom stereocenters. The van der Waals surface area contributed by atoms with Gasteiger partial charge in [-0.15, -0.1) is 0 Å². The maximum Gasteiger partial charge on any atom is 0.309 e. The number of H-pyrrole nitrogens is 1. The van der Waals surface area contributed by atoms with Crippen LogP contribution in [0.3, 0.4) is 0 Å². The van der Waals surface area contributed by atoms with Gasteiger partial charge in [-0.1, -0.05) is 6.07 Å². The van der Waals surface area contributed by atoms with Crippen LogP contribution in [0.1, 0.15) is 29.9 Å². The van der Waals surface area contributed by atoms with Gasteiger partial charge in [0.05, 0.1) is 13.5 Å². The fraction of sp³-hybridized carbons (Fsp3) is 0.471. The van der Waals surface area contributed by atoms with Crippen molar-refractivity contribution in [3.8, 4) is 0 Å². The third-order valence-corrected chi connectivity index (χ3v) is 4.51. The monoisotopic (exact) mass is 286 g/mol. The molecule has 4 heteroatoms. The van der Waals surface area contributed by atoms with E-state index in [9.17, 15) is 4.79 Å². The largest absolute Gasteiger partial charge is 0.469 e. The number of nitrogens with one attached hydrogen (secondary N) is 1. The number of rotatable bonds is 3. The molecule has 1 aliphatic heterocycles. The lowest BCUT2D eigenvalue weighted by Gasteiger charge is -2.28. The number of ether oxygens (including phenoxy) is 1. The number of hydrogen-bond acceptors (Lipinski definition) is 3. The molecule has 0 radical (unpaired) electrons. The predicted octanol–water partition coefficient (Wildman–Crippen LogP) is 2.69. The molecule has 1 aromatic carbocycles. The molecule has 21 heavy (non-hydrogen) atoms. The zero-order chi connectivity index (χ0) is 14.8. The second kappa shape index (κ2) is 5.90. The zero-order valence-electron chi connectivity index (χ0n) is 12.7. The Morgan fingerprint density at radius 1 is 1.38 bits per heavy atom. The third kappa shape index (κ3) is 2.95. The maximum atomic E-state index is 11.4. The van der Waals surface area contributed by atoms with Gasteiger partial charge < -0.3 is 14.6 Å².